The van der Waals surface area contributed by atoms with Crippen molar-refractivity contribution in [2.24, 2.45) is 0 Å². The molecule has 2 heterocycles. The Kier molecular flexibility index (Phi) is 3.07. The first-order valence-corrected chi connectivity index (χ1v) is 6.04. The molecule has 0 amide bonds. The summed E-state index contributed by atoms with van der Waals surface area (Å²) in [4.78, 5) is 14.8. The van der Waals surface area contributed by atoms with E-state index in [2.05, 4.69) is 4.98 Å². The number of hydrogen-bond acceptors (Lipinski definition) is 4. The molecule has 1 aromatic heterocycles. The predicted molar refractivity (Wildman–Crippen MR) is 70.1 cm³/mol. The molecule has 0 radical (unpaired) electrons. The van der Waals surface area contributed by atoms with E-state index in [0.29, 0.717) is 5.69 Å². The zero-order valence-electron chi connectivity index (χ0n) is 11.5. The van der Waals surface area contributed by atoms with Crippen LogP contribution in [0.1, 0.15) is 43.7 Å². The first-order valence-electron chi connectivity index (χ1n) is 6.04. The summed E-state index contributed by atoms with van der Waals surface area (Å²) in [6, 6.07) is 1.89. The third-order valence-electron chi connectivity index (χ3n) is 3.78. The van der Waals surface area contributed by atoms with E-state index in [1.54, 1.807) is 6.20 Å². The highest BCUT2D eigenvalue weighted by Gasteiger charge is 2.51. The third kappa shape index (κ3) is 2.08. The smallest absolute Gasteiger partial charge is 0.399 e. The summed E-state index contributed by atoms with van der Waals surface area (Å²) in [5.74, 6) is 0. The average molecular weight is 247 g/mol. The minimum Gasteiger partial charge on any atom is -0.399 e. The van der Waals surface area contributed by atoms with Crippen LogP contribution in [-0.2, 0) is 9.31 Å². The number of nitrogens with zero attached hydrogens (tertiary/aromatic N) is 1. The summed E-state index contributed by atoms with van der Waals surface area (Å²) < 4.78 is 11.9. The second-order valence-corrected chi connectivity index (χ2v) is 5.68. The Labute approximate surface area is 108 Å². The van der Waals surface area contributed by atoms with Gasteiger partial charge < -0.3 is 9.31 Å². The number of hydrogen-bond donors (Lipinski definition) is 0. The molecule has 5 heteroatoms. The number of aromatic nitrogens is 1. The normalized spacial score (nSPS) is 21.1. The Balaban J connectivity index is 2.30. The van der Waals surface area contributed by atoms with Crippen LogP contribution < -0.4 is 5.46 Å². The molecule has 2 rings (SSSR count). The number of aldehydes is 1. The molecule has 4 nitrogen and oxygen atoms in total. The summed E-state index contributed by atoms with van der Waals surface area (Å²) in [5, 5.41) is 0. The second-order valence-electron chi connectivity index (χ2n) is 5.68. The maximum Gasteiger partial charge on any atom is 0.496 e. The van der Waals surface area contributed by atoms with Crippen molar-refractivity contribution in [3.05, 3.63) is 23.5 Å². The summed E-state index contributed by atoms with van der Waals surface area (Å²) in [7, 11) is -0.429. The number of rotatable bonds is 2. The topological polar surface area (TPSA) is 48.4 Å². The molecular formula is C13H18BNO3. The van der Waals surface area contributed by atoms with Crippen molar-refractivity contribution in [2.45, 2.75) is 45.8 Å². The molecule has 1 aromatic rings. The van der Waals surface area contributed by atoms with Crippen LogP contribution in [0.2, 0.25) is 0 Å². The summed E-state index contributed by atoms with van der Waals surface area (Å²) >= 11 is 0. The average Bonchev–Trinajstić information content (AvgIpc) is 2.48. The molecule has 18 heavy (non-hydrogen) atoms. The highest BCUT2D eigenvalue weighted by atomic mass is 16.7. The first-order chi connectivity index (χ1) is 8.27. The van der Waals surface area contributed by atoms with E-state index in [4.69, 9.17) is 9.31 Å². The summed E-state index contributed by atoms with van der Waals surface area (Å²) in [6.07, 6.45) is 2.39. The quantitative estimate of drug-likeness (QED) is 0.587. The van der Waals surface area contributed by atoms with Crippen LogP contribution in [-0.4, -0.2) is 29.6 Å². The fourth-order valence-electron chi connectivity index (χ4n) is 1.84. The van der Waals surface area contributed by atoms with Crippen molar-refractivity contribution < 1.29 is 14.1 Å². The Hall–Kier alpha value is -1.20. The van der Waals surface area contributed by atoms with Gasteiger partial charge in [-0.2, -0.15) is 0 Å². The van der Waals surface area contributed by atoms with Crippen LogP contribution >= 0.6 is 0 Å². The van der Waals surface area contributed by atoms with Crippen LogP contribution in [0, 0.1) is 6.92 Å². The zero-order valence-corrected chi connectivity index (χ0v) is 11.5. The van der Waals surface area contributed by atoms with Gasteiger partial charge in [-0.15, -0.1) is 0 Å². The van der Waals surface area contributed by atoms with Gasteiger partial charge in [-0.3, -0.25) is 9.78 Å². The lowest BCUT2D eigenvalue weighted by Gasteiger charge is -2.32. The maximum atomic E-state index is 10.7. The van der Waals surface area contributed by atoms with Crippen LogP contribution in [0.4, 0.5) is 0 Å². The summed E-state index contributed by atoms with van der Waals surface area (Å²) in [5.41, 5.74) is 1.40. The second kappa shape index (κ2) is 4.18. The third-order valence-corrected chi connectivity index (χ3v) is 3.78. The molecule has 0 bridgehead atoms. The van der Waals surface area contributed by atoms with Crippen LogP contribution in [0.5, 0.6) is 0 Å². The van der Waals surface area contributed by atoms with Crippen molar-refractivity contribution in [3.63, 3.8) is 0 Å². The van der Waals surface area contributed by atoms with E-state index < -0.39 is 7.12 Å². The van der Waals surface area contributed by atoms with E-state index in [9.17, 15) is 4.79 Å². The monoisotopic (exact) mass is 247 g/mol. The van der Waals surface area contributed by atoms with Gasteiger partial charge in [-0.25, -0.2) is 0 Å². The van der Waals surface area contributed by atoms with Gasteiger partial charge >= 0.3 is 7.12 Å². The Morgan fingerprint density at radius 1 is 1.22 bits per heavy atom. The molecule has 0 atom stereocenters. The van der Waals surface area contributed by atoms with Crippen LogP contribution in [0.15, 0.2) is 12.3 Å². The number of carbonyl (C=O) groups is 1. The minimum absolute atomic E-state index is 0.366. The van der Waals surface area contributed by atoms with Gasteiger partial charge in [0.2, 0.25) is 0 Å². The lowest BCUT2D eigenvalue weighted by molar-refractivity contribution is 0.00578. The highest BCUT2D eigenvalue weighted by Crippen LogP contribution is 2.36. The molecule has 0 spiro atoms. The molecule has 0 saturated carbocycles. The van der Waals surface area contributed by atoms with Gasteiger partial charge in [-0.05, 0) is 40.2 Å². The fourth-order valence-corrected chi connectivity index (χ4v) is 1.84. The molecule has 1 saturated heterocycles. The van der Waals surface area contributed by atoms with E-state index in [-0.39, 0.29) is 11.2 Å². The molecule has 1 aliphatic heterocycles. The first kappa shape index (κ1) is 13.2. The molecular weight excluding hydrogens is 229 g/mol. The Morgan fingerprint density at radius 3 is 2.22 bits per heavy atom. The molecule has 0 N–H and O–H groups in total. The lowest BCUT2D eigenvalue weighted by atomic mass is 9.79. The van der Waals surface area contributed by atoms with Gasteiger partial charge in [0.25, 0.3) is 0 Å². The van der Waals surface area contributed by atoms with Gasteiger partial charge in [0, 0.05) is 11.7 Å². The van der Waals surface area contributed by atoms with Gasteiger partial charge in [-0.1, -0.05) is 6.07 Å². The van der Waals surface area contributed by atoms with Crippen LogP contribution in [0.25, 0.3) is 0 Å². The van der Waals surface area contributed by atoms with Gasteiger partial charge in [0.15, 0.2) is 6.29 Å². The largest absolute Gasteiger partial charge is 0.496 e. The van der Waals surface area contributed by atoms with Gasteiger partial charge in [0.1, 0.15) is 5.69 Å². The number of aryl methyl sites for hydroxylation is 1. The maximum absolute atomic E-state index is 10.7. The predicted octanol–water partition coefficient (Wildman–Crippen LogP) is 1.50. The van der Waals surface area contributed by atoms with Crippen molar-refractivity contribution in [1.29, 1.82) is 0 Å². The summed E-state index contributed by atoms with van der Waals surface area (Å²) in [6.45, 7) is 9.88. The van der Waals surface area contributed by atoms with Crippen molar-refractivity contribution in [3.8, 4) is 0 Å². The SMILES string of the molecule is Cc1cc(B2OC(C)(C)C(C)(C)O2)cnc1C=O. The van der Waals surface area contributed by atoms with Crippen LogP contribution in [0.3, 0.4) is 0 Å². The van der Waals surface area contributed by atoms with E-state index in [1.807, 2.05) is 40.7 Å². The van der Waals surface area contributed by atoms with Crippen molar-refractivity contribution >= 4 is 18.9 Å². The molecule has 0 aromatic carbocycles. The Morgan fingerprint density at radius 2 is 1.78 bits per heavy atom. The molecule has 1 aliphatic rings. The van der Waals surface area contributed by atoms with Gasteiger partial charge in [0.05, 0.1) is 11.2 Å². The molecule has 1 fully saturated rings. The number of pyridine rings is 1. The van der Waals surface area contributed by atoms with Crippen molar-refractivity contribution in [2.75, 3.05) is 0 Å². The number of carbonyl (C=O) groups excluding carboxylic acids is 1. The lowest BCUT2D eigenvalue weighted by Crippen LogP contribution is -2.41. The zero-order chi connectivity index (χ0) is 13.6. The highest BCUT2D eigenvalue weighted by molar-refractivity contribution is 6.62. The fraction of sp³-hybridized carbons (Fsp3) is 0.538. The van der Waals surface area contributed by atoms with E-state index in [1.165, 1.54) is 0 Å². The minimum atomic E-state index is -0.429. The standard InChI is InChI=1S/C13H18BNO3/c1-9-6-10(7-15-11(9)8-16)14-17-12(2,3)13(4,5)18-14/h6-8H,1-5H3. The van der Waals surface area contributed by atoms with Crippen molar-refractivity contribution in [1.82, 2.24) is 4.98 Å². The van der Waals surface area contributed by atoms with E-state index >= 15 is 0 Å². The molecule has 96 valence electrons. The molecule has 0 aliphatic carbocycles. The molecule has 0 unspecified atom stereocenters. The Bertz CT molecular complexity index is 469. The van der Waals surface area contributed by atoms with E-state index in [0.717, 1.165) is 17.3 Å².